The Hall–Kier alpha value is -0.990. The van der Waals surface area contributed by atoms with E-state index < -0.39 is 6.10 Å². The third kappa shape index (κ3) is 6.90. The zero-order valence-corrected chi connectivity index (χ0v) is 6.80. The summed E-state index contributed by atoms with van der Waals surface area (Å²) in [6, 6.07) is 1.96. The van der Waals surface area contributed by atoms with Crippen molar-refractivity contribution < 1.29 is 5.11 Å². The fourth-order valence-electron chi connectivity index (χ4n) is 0.588. The molecule has 0 aliphatic heterocycles. The normalized spacial score (nSPS) is 11.0. The minimum atomic E-state index is -0.610. The molecule has 0 aromatic carbocycles. The van der Waals surface area contributed by atoms with Gasteiger partial charge in [-0.1, -0.05) is 12.8 Å². The van der Waals surface area contributed by atoms with E-state index in [2.05, 4.69) is 11.8 Å². The van der Waals surface area contributed by atoms with Crippen molar-refractivity contribution in [2.45, 2.75) is 38.7 Å². The first-order chi connectivity index (χ1) is 5.31. The van der Waals surface area contributed by atoms with Crippen LogP contribution in [0.15, 0.2) is 0 Å². The van der Waals surface area contributed by atoms with Gasteiger partial charge in [-0.3, -0.25) is 0 Å². The monoisotopic (exact) mass is 151 g/mol. The molecule has 1 unspecified atom stereocenters. The summed E-state index contributed by atoms with van der Waals surface area (Å²) < 4.78 is 0. The molecule has 2 heteroatoms. The molecule has 1 N–H and O–H groups in total. The van der Waals surface area contributed by atoms with Crippen molar-refractivity contribution in [1.82, 2.24) is 0 Å². The predicted molar refractivity (Wildman–Crippen MR) is 43.5 cm³/mol. The second kappa shape index (κ2) is 7.12. The van der Waals surface area contributed by atoms with Crippen molar-refractivity contribution in [2.75, 3.05) is 0 Å². The number of hydrogen-bond donors (Lipinski definition) is 1. The molecule has 11 heavy (non-hydrogen) atoms. The van der Waals surface area contributed by atoms with Crippen molar-refractivity contribution in [3.63, 3.8) is 0 Å². The second-order valence-electron chi connectivity index (χ2n) is 2.28. The van der Waals surface area contributed by atoms with Crippen molar-refractivity contribution in [3.8, 4) is 17.9 Å². The summed E-state index contributed by atoms with van der Waals surface area (Å²) >= 11 is 0. The number of hydrogen-bond acceptors (Lipinski definition) is 2. The first-order valence-corrected chi connectivity index (χ1v) is 3.84. The summed E-state index contributed by atoms with van der Waals surface area (Å²) in [5, 5.41) is 17.3. The summed E-state index contributed by atoms with van der Waals surface area (Å²) in [4.78, 5) is 0. The molecule has 0 aliphatic carbocycles. The summed E-state index contributed by atoms with van der Waals surface area (Å²) in [5.41, 5.74) is 0. The Kier molecular flexibility index (Phi) is 6.48. The number of aliphatic hydroxyl groups excluding tert-OH is 1. The Morgan fingerprint density at radius 1 is 1.45 bits per heavy atom. The van der Waals surface area contributed by atoms with Crippen LogP contribution in [0.1, 0.15) is 32.6 Å². The number of rotatable bonds is 3. The van der Waals surface area contributed by atoms with Gasteiger partial charge in [-0.25, -0.2) is 0 Å². The van der Waals surface area contributed by atoms with Crippen LogP contribution in [-0.4, -0.2) is 11.2 Å². The highest BCUT2D eigenvalue weighted by molar-refractivity contribution is 5.04. The standard InChI is InChI=1S/C9H13NO/c1-2-3-4-6-9(11)7-5-8-10/h9,11H,2-3,5,7H2,1H3. The average Bonchev–Trinajstić information content (AvgIpc) is 2.01. The maximum atomic E-state index is 9.08. The topological polar surface area (TPSA) is 44.0 Å². The van der Waals surface area contributed by atoms with E-state index in [1.54, 1.807) is 0 Å². The number of nitrogens with zero attached hydrogens (tertiary/aromatic N) is 1. The first kappa shape index (κ1) is 10.0. The van der Waals surface area contributed by atoms with E-state index in [-0.39, 0.29) is 0 Å². The van der Waals surface area contributed by atoms with Crippen molar-refractivity contribution in [1.29, 1.82) is 5.26 Å². The van der Waals surface area contributed by atoms with Crippen LogP contribution in [0.5, 0.6) is 0 Å². The minimum absolute atomic E-state index is 0.377. The predicted octanol–water partition coefficient (Wildman–Crippen LogP) is 1.45. The fraction of sp³-hybridized carbons (Fsp3) is 0.667. The van der Waals surface area contributed by atoms with Crippen LogP contribution in [0.25, 0.3) is 0 Å². The van der Waals surface area contributed by atoms with E-state index in [0.717, 1.165) is 12.8 Å². The SMILES string of the molecule is CCCC#CC(O)CCC#N. The van der Waals surface area contributed by atoms with Gasteiger partial charge in [0.05, 0.1) is 6.07 Å². The van der Waals surface area contributed by atoms with E-state index in [1.807, 2.05) is 13.0 Å². The Labute approximate surface area is 67.8 Å². The van der Waals surface area contributed by atoms with E-state index in [9.17, 15) is 0 Å². The highest BCUT2D eigenvalue weighted by Crippen LogP contribution is 1.93. The molecule has 0 amide bonds. The lowest BCUT2D eigenvalue weighted by Gasteiger charge is -1.95. The van der Waals surface area contributed by atoms with Gasteiger partial charge >= 0.3 is 0 Å². The third-order valence-electron chi connectivity index (χ3n) is 1.17. The molecule has 60 valence electrons. The molecule has 0 spiro atoms. The quantitative estimate of drug-likeness (QED) is 0.620. The number of nitriles is 1. The molecule has 0 saturated carbocycles. The highest BCUT2D eigenvalue weighted by Gasteiger charge is 1.95. The molecule has 0 radical (unpaired) electrons. The molecule has 2 nitrogen and oxygen atoms in total. The Morgan fingerprint density at radius 3 is 2.73 bits per heavy atom. The summed E-state index contributed by atoms with van der Waals surface area (Å²) in [5.74, 6) is 5.51. The van der Waals surface area contributed by atoms with Crippen LogP contribution in [0.4, 0.5) is 0 Å². The van der Waals surface area contributed by atoms with Crippen molar-refractivity contribution in [3.05, 3.63) is 0 Å². The molecule has 0 saturated heterocycles. The molecule has 0 heterocycles. The summed E-state index contributed by atoms with van der Waals surface area (Å²) in [6.45, 7) is 2.04. The highest BCUT2D eigenvalue weighted by atomic mass is 16.3. The molecule has 0 fully saturated rings. The zero-order chi connectivity index (χ0) is 8.53. The number of unbranched alkanes of at least 4 members (excludes halogenated alkanes) is 1. The van der Waals surface area contributed by atoms with Gasteiger partial charge < -0.3 is 5.11 Å². The van der Waals surface area contributed by atoms with E-state index in [1.165, 1.54) is 0 Å². The molecule has 0 aromatic heterocycles. The van der Waals surface area contributed by atoms with Gasteiger partial charge in [-0.05, 0) is 12.8 Å². The number of aliphatic hydroxyl groups is 1. The summed E-state index contributed by atoms with van der Waals surface area (Å²) in [6.07, 6.45) is 2.07. The molecular formula is C9H13NO. The minimum Gasteiger partial charge on any atom is -0.380 e. The van der Waals surface area contributed by atoms with E-state index in [4.69, 9.17) is 10.4 Å². The zero-order valence-electron chi connectivity index (χ0n) is 6.80. The average molecular weight is 151 g/mol. The van der Waals surface area contributed by atoms with Crippen LogP contribution in [0, 0.1) is 23.2 Å². The van der Waals surface area contributed by atoms with E-state index >= 15 is 0 Å². The molecular weight excluding hydrogens is 138 g/mol. The van der Waals surface area contributed by atoms with Crippen LogP contribution < -0.4 is 0 Å². The second-order valence-corrected chi connectivity index (χ2v) is 2.28. The van der Waals surface area contributed by atoms with Gasteiger partial charge in [0.2, 0.25) is 0 Å². The van der Waals surface area contributed by atoms with Crippen molar-refractivity contribution >= 4 is 0 Å². The lowest BCUT2D eigenvalue weighted by molar-refractivity contribution is 0.224. The lowest BCUT2D eigenvalue weighted by Crippen LogP contribution is -2.01. The maximum Gasteiger partial charge on any atom is 0.115 e. The Balaban J connectivity index is 3.46. The van der Waals surface area contributed by atoms with Crippen LogP contribution in [-0.2, 0) is 0 Å². The van der Waals surface area contributed by atoms with Crippen LogP contribution >= 0.6 is 0 Å². The molecule has 0 aliphatic rings. The van der Waals surface area contributed by atoms with Gasteiger partial charge in [0, 0.05) is 12.8 Å². The Bertz CT molecular complexity index is 182. The third-order valence-corrected chi connectivity index (χ3v) is 1.17. The Morgan fingerprint density at radius 2 is 2.18 bits per heavy atom. The first-order valence-electron chi connectivity index (χ1n) is 3.84. The van der Waals surface area contributed by atoms with Gasteiger partial charge in [0.25, 0.3) is 0 Å². The fourth-order valence-corrected chi connectivity index (χ4v) is 0.588. The van der Waals surface area contributed by atoms with Crippen LogP contribution in [0.2, 0.25) is 0 Å². The van der Waals surface area contributed by atoms with Gasteiger partial charge in [0.1, 0.15) is 6.10 Å². The van der Waals surface area contributed by atoms with Gasteiger partial charge in [-0.15, -0.1) is 5.92 Å². The largest absolute Gasteiger partial charge is 0.380 e. The van der Waals surface area contributed by atoms with Crippen LogP contribution in [0.3, 0.4) is 0 Å². The molecule has 0 rings (SSSR count). The smallest absolute Gasteiger partial charge is 0.115 e. The lowest BCUT2D eigenvalue weighted by atomic mass is 10.2. The van der Waals surface area contributed by atoms with Crippen molar-refractivity contribution in [2.24, 2.45) is 0 Å². The van der Waals surface area contributed by atoms with Gasteiger partial charge in [0.15, 0.2) is 0 Å². The molecule has 0 aromatic rings. The summed E-state index contributed by atoms with van der Waals surface area (Å²) in [7, 11) is 0. The maximum absolute atomic E-state index is 9.08. The molecule has 1 atom stereocenters. The van der Waals surface area contributed by atoms with Gasteiger partial charge in [-0.2, -0.15) is 5.26 Å². The molecule has 0 bridgehead atoms. The van der Waals surface area contributed by atoms with E-state index in [0.29, 0.717) is 12.8 Å².